The molecule has 3 amide bonds. The first kappa shape index (κ1) is 32.5. The van der Waals surface area contributed by atoms with Gasteiger partial charge in [-0.3, -0.25) is 14.4 Å². The van der Waals surface area contributed by atoms with Crippen molar-refractivity contribution in [2.24, 2.45) is 0 Å². The van der Waals surface area contributed by atoms with Crippen molar-refractivity contribution >= 4 is 23.4 Å². The maximum absolute atomic E-state index is 13.6. The number of benzene rings is 3. The second kappa shape index (κ2) is 12.1. The molecule has 3 aromatic carbocycles. The molecule has 16 heteroatoms. The summed E-state index contributed by atoms with van der Waals surface area (Å²) in [7, 11) is 0. The zero-order chi connectivity index (χ0) is 33.6. The number of nitrogens with one attached hydrogen (secondary N) is 1. The molecule has 46 heavy (non-hydrogen) atoms. The van der Waals surface area contributed by atoms with Crippen LogP contribution in [0.2, 0.25) is 0 Å². The van der Waals surface area contributed by atoms with Gasteiger partial charge in [0.25, 0.3) is 11.8 Å². The van der Waals surface area contributed by atoms with Crippen molar-refractivity contribution in [1.29, 1.82) is 0 Å². The van der Waals surface area contributed by atoms with E-state index in [9.17, 15) is 49.5 Å². The Morgan fingerprint density at radius 2 is 1.59 bits per heavy atom. The van der Waals surface area contributed by atoms with Gasteiger partial charge in [0, 0.05) is 13.1 Å². The normalized spacial score (nSPS) is 16.9. The summed E-state index contributed by atoms with van der Waals surface area (Å²) in [5.41, 5.74) is -3.35. The molecule has 2 aliphatic rings. The smallest absolute Gasteiger partial charge is 0.416 e. The molecule has 0 radical (unpaired) electrons. The SMILES string of the molecule is Cc1cc(OC(F)F)ccc1OCC(=O)N1CCN2C(=O)c3cc(-c4cc(C(F)(F)F)cc(C(F)(F)F)c4)ccc3NC(=O)C2C1. The van der Waals surface area contributed by atoms with E-state index in [-0.39, 0.29) is 54.0 Å². The summed E-state index contributed by atoms with van der Waals surface area (Å²) in [5.74, 6) is -1.79. The highest BCUT2D eigenvalue weighted by Gasteiger charge is 2.41. The number of carbonyl (C=O) groups is 3. The second-order valence-electron chi connectivity index (χ2n) is 10.5. The van der Waals surface area contributed by atoms with Gasteiger partial charge in [-0.1, -0.05) is 6.07 Å². The quantitative estimate of drug-likeness (QED) is 0.330. The summed E-state index contributed by atoms with van der Waals surface area (Å²) in [6.45, 7) is -2.30. The molecule has 0 aromatic heterocycles. The molecule has 1 N–H and O–H groups in total. The number of nitrogens with zero attached hydrogens (tertiary/aromatic N) is 2. The Labute approximate surface area is 255 Å². The number of alkyl halides is 8. The van der Waals surface area contributed by atoms with Gasteiger partial charge in [0.1, 0.15) is 17.5 Å². The van der Waals surface area contributed by atoms with Gasteiger partial charge < -0.3 is 24.6 Å². The number of piperazine rings is 1. The third kappa shape index (κ3) is 6.84. The summed E-state index contributed by atoms with van der Waals surface area (Å²) in [6.07, 6.45) is -10.1. The van der Waals surface area contributed by atoms with Crippen molar-refractivity contribution in [3.63, 3.8) is 0 Å². The van der Waals surface area contributed by atoms with Crippen LogP contribution in [0.4, 0.5) is 40.8 Å². The average Bonchev–Trinajstić information content (AvgIpc) is 3.08. The number of rotatable bonds is 6. The maximum Gasteiger partial charge on any atom is 0.416 e. The van der Waals surface area contributed by atoms with E-state index in [1.54, 1.807) is 6.92 Å². The lowest BCUT2D eigenvalue weighted by Crippen LogP contribution is -2.60. The van der Waals surface area contributed by atoms with Crippen LogP contribution >= 0.6 is 0 Å². The van der Waals surface area contributed by atoms with Gasteiger partial charge in [-0.2, -0.15) is 35.1 Å². The van der Waals surface area contributed by atoms with E-state index in [1.807, 2.05) is 0 Å². The Kier molecular flexibility index (Phi) is 8.57. The lowest BCUT2D eigenvalue weighted by Gasteiger charge is -2.39. The summed E-state index contributed by atoms with van der Waals surface area (Å²) in [5, 5.41) is 2.55. The fourth-order valence-corrected chi connectivity index (χ4v) is 5.17. The van der Waals surface area contributed by atoms with E-state index in [2.05, 4.69) is 10.1 Å². The predicted octanol–water partition coefficient (Wildman–Crippen LogP) is 5.99. The van der Waals surface area contributed by atoms with Gasteiger partial charge >= 0.3 is 19.0 Å². The van der Waals surface area contributed by atoms with E-state index >= 15 is 0 Å². The van der Waals surface area contributed by atoms with Crippen molar-refractivity contribution in [3.05, 3.63) is 76.9 Å². The standard InChI is InChI=1S/C30H23F8N3O5/c1-15-8-20(46-28(31)32)3-5-24(15)45-14-25(42)40-6-7-41-23(13-40)26(43)39-22-4-2-16(11-21(22)27(41)44)17-9-18(29(33,34)35)12-19(10-17)30(36,37)38/h2-5,8-12,23,28H,6-7,13-14H2,1H3,(H,39,43). The number of ether oxygens (including phenoxy) is 2. The molecule has 2 heterocycles. The van der Waals surface area contributed by atoms with Crippen LogP contribution in [0.5, 0.6) is 11.5 Å². The molecule has 1 atom stereocenters. The van der Waals surface area contributed by atoms with Gasteiger partial charge in [0.05, 0.1) is 28.9 Å². The number of carbonyl (C=O) groups excluding carboxylic acids is 3. The van der Waals surface area contributed by atoms with Crippen LogP contribution in [0, 0.1) is 6.92 Å². The number of amides is 3. The van der Waals surface area contributed by atoms with Crippen LogP contribution in [0.15, 0.2) is 54.6 Å². The summed E-state index contributed by atoms with van der Waals surface area (Å²) in [4.78, 5) is 42.1. The van der Waals surface area contributed by atoms with E-state index in [0.717, 1.165) is 6.07 Å². The Morgan fingerprint density at radius 3 is 2.20 bits per heavy atom. The molecular weight excluding hydrogens is 634 g/mol. The lowest BCUT2D eigenvalue weighted by atomic mass is 9.96. The molecule has 0 bridgehead atoms. The zero-order valence-electron chi connectivity index (χ0n) is 23.6. The van der Waals surface area contributed by atoms with Gasteiger partial charge in [0.15, 0.2) is 6.61 Å². The third-order valence-electron chi connectivity index (χ3n) is 7.45. The van der Waals surface area contributed by atoms with Crippen LogP contribution < -0.4 is 14.8 Å². The highest BCUT2D eigenvalue weighted by atomic mass is 19.4. The van der Waals surface area contributed by atoms with E-state index in [4.69, 9.17) is 4.74 Å². The highest BCUT2D eigenvalue weighted by molar-refractivity contribution is 6.10. The van der Waals surface area contributed by atoms with Gasteiger partial charge in [-0.15, -0.1) is 0 Å². The Hall–Kier alpha value is -4.89. The molecule has 0 saturated carbocycles. The molecule has 244 valence electrons. The van der Waals surface area contributed by atoms with Gasteiger partial charge in [0.2, 0.25) is 5.91 Å². The van der Waals surface area contributed by atoms with Gasteiger partial charge in [-0.05, 0) is 72.1 Å². The number of fused-ring (bicyclic) bond motifs is 2. The minimum Gasteiger partial charge on any atom is -0.483 e. The van der Waals surface area contributed by atoms with E-state index < -0.39 is 66.0 Å². The molecule has 0 aliphatic carbocycles. The first-order valence-corrected chi connectivity index (χ1v) is 13.5. The zero-order valence-corrected chi connectivity index (χ0v) is 23.6. The average molecular weight is 658 g/mol. The molecule has 3 aromatic rings. The summed E-state index contributed by atoms with van der Waals surface area (Å²) in [6, 6.07) is 7.32. The first-order chi connectivity index (χ1) is 21.5. The number of halogens is 8. The minimum absolute atomic E-state index is 0.00255. The first-order valence-electron chi connectivity index (χ1n) is 13.5. The van der Waals surface area contributed by atoms with E-state index in [0.29, 0.717) is 17.7 Å². The number of hydrogen-bond donors (Lipinski definition) is 1. The Bertz CT molecular complexity index is 1660. The Morgan fingerprint density at radius 1 is 0.913 bits per heavy atom. The van der Waals surface area contributed by atoms with Crippen molar-refractivity contribution in [2.45, 2.75) is 31.9 Å². The van der Waals surface area contributed by atoms with Crippen LogP contribution in [0.25, 0.3) is 11.1 Å². The molecular formula is C30H23F8N3O5. The van der Waals surface area contributed by atoms with Crippen molar-refractivity contribution < 1.29 is 59.0 Å². The van der Waals surface area contributed by atoms with Crippen LogP contribution in [-0.2, 0) is 21.9 Å². The number of anilines is 1. The molecule has 5 rings (SSSR count). The van der Waals surface area contributed by atoms with Crippen LogP contribution in [0.1, 0.15) is 27.0 Å². The van der Waals surface area contributed by atoms with Crippen molar-refractivity contribution in [3.8, 4) is 22.6 Å². The highest BCUT2D eigenvalue weighted by Crippen LogP contribution is 2.39. The molecule has 1 saturated heterocycles. The molecule has 0 spiro atoms. The van der Waals surface area contributed by atoms with Crippen molar-refractivity contribution in [1.82, 2.24) is 9.80 Å². The van der Waals surface area contributed by atoms with E-state index in [1.165, 1.54) is 40.1 Å². The maximum atomic E-state index is 13.6. The summed E-state index contributed by atoms with van der Waals surface area (Å²) < 4.78 is 115. The fraction of sp³-hybridized carbons (Fsp3) is 0.300. The van der Waals surface area contributed by atoms with Crippen LogP contribution in [-0.4, -0.2) is 66.4 Å². The molecule has 8 nitrogen and oxygen atoms in total. The third-order valence-corrected chi connectivity index (χ3v) is 7.45. The monoisotopic (exact) mass is 657 g/mol. The minimum atomic E-state index is -5.07. The fourth-order valence-electron chi connectivity index (χ4n) is 5.17. The molecule has 1 fully saturated rings. The molecule has 2 aliphatic heterocycles. The largest absolute Gasteiger partial charge is 0.483 e. The van der Waals surface area contributed by atoms with Crippen molar-refractivity contribution in [2.75, 3.05) is 31.6 Å². The number of hydrogen-bond acceptors (Lipinski definition) is 5. The Balaban J connectivity index is 1.33. The number of aryl methyl sites for hydroxylation is 1. The molecule has 1 unspecified atom stereocenters. The topological polar surface area (TPSA) is 88.2 Å². The van der Waals surface area contributed by atoms with Crippen LogP contribution in [0.3, 0.4) is 0 Å². The second-order valence-corrected chi connectivity index (χ2v) is 10.5. The summed E-state index contributed by atoms with van der Waals surface area (Å²) >= 11 is 0. The lowest BCUT2D eigenvalue weighted by molar-refractivity contribution is -0.143. The van der Waals surface area contributed by atoms with Gasteiger partial charge in [-0.25, -0.2) is 0 Å². The predicted molar refractivity (Wildman–Crippen MR) is 145 cm³/mol.